The molecule has 0 radical (unpaired) electrons. The number of halogens is 2. The van der Waals surface area contributed by atoms with Crippen LogP contribution < -0.4 is 5.32 Å². The normalized spacial score (nSPS) is 18.4. The van der Waals surface area contributed by atoms with Gasteiger partial charge in [-0.1, -0.05) is 46.6 Å². The van der Waals surface area contributed by atoms with Crippen molar-refractivity contribution in [2.75, 3.05) is 30.4 Å². The summed E-state index contributed by atoms with van der Waals surface area (Å²) in [5.41, 5.74) is 2.88. The lowest BCUT2D eigenvalue weighted by atomic mass is 9.74. The molecule has 0 aromatic heterocycles. The first-order valence-corrected chi connectivity index (χ1v) is 12.7. The number of anilines is 1. The molecule has 0 bridgehead atoms. The minimum atomic E-state index is -0.0625. The van der Waals surface area contributed by atoms with Gasteiger partial charge < -0.3 is 5.32 Å². The van der Waals surface area contributed by atoms with Gasteiger partial charge in [0.1, 0.15) is 6.54 Å². The molecule has 0 aliphatic carbocycles. The van der Waals surface area contributed by atoms with Crippen LogP contribution in [0.2, 0.25) is 5.02 Å². The van der Waals surface area contributed by atoms with Crippen molar-refractivity contribution in [3.63, 3.8) is 0 Å². The van der Waals surface area contributed by atoms with E-state index >= 15 is 0 Å². The molecule has 1 aliphatic rings. The molecule has 1 atom stereocenters. The fraction of sp³-hybridized carbons (Fsp3) is 0.391. The molecule has 0 fully saturated rings. The molecule has 1 aliphatic heterocycles. The van der Waals surface area contributed by atoms with Crippen molar-refractivity contribution in [3.8, 4) is 0 Å². The van der Waals surface area contributed by atoms with Gasteiger partial charge in [0.05, 0.1) is 5.71 Å². The second-order valence-electron chi connectivity index (χ2n) is 7.56. The Hall–Kier alpha value is -1.50. The molecule has 3 rings (SSSR count). The predicted octanol–water partition coefficient (Wildman–Crippen LogP) is 6.30. The van der Waals surface area contributed by atoms with Crippen LogP contribution in [0.5, 0.6) is 0 Å². The predicted molar refractivity (Wildman–Crippen MR) is 133 cm³/mol. The van der Waals surface area contributed by atoms with Crippen LogP contribution >= 0.6 is 39.3 Å². The summed E-state index contributed by atoms with van der Waals surface area (Å²) in [6.07, 6.45) is 5.30. The number of hydrogen-bond donors (Lipinski definition) is 1. The monoisotopic (exact) mass is 507 g/mol. The second-order valence-corrected chi connectivity index (χ2v) is 9.90. The van der Waals surface area contributed by atoms with E-state index in [4.69, 9.17) is 16.7 Å². The molecule has 7 heteroatoms. The molecule has 1 amide bonds. The number of hydrazone groups is 1. The largest absolute Gasteiger partial charge is 0.324 e. The third-order valence-electron chi connectivity index (χ3n) is 5.48. The Morgan fingerprint density at radius 3 is 2.57 bits per heavy atom. The summed E-state index contributed by atoms with van der Waals surface area (Å²) in [6, 6.07) is 15.5. The number of benzene rings is 2. The quantitative estimate of drug-likeness (QED) is 0.404. The Morgan fingerprint density at radius 2 is 1.93 bits per heavy atom. The molecule has 0 saturated carbocycles. The van der Waals surface area contributed by atoms with Crippen molar-refractivity contribution in [2.24, 2.45) is 10.5 Å². The van der Waals surface area contributed by atoms with Crippen molar-refractivity contribution >= 4 is 56.6 Å². The summed E-state index contributed by atoms with van der Waals surface area (Å²) >= 11 is 11.4. The lowest BCUT2D eigenvalue weighted by molar-refractivity contribution is -0.117. The van der Waals surface area contributed by atoms with E-state index in [1.165, 1.54) is 0 Å². The van der Waals surface area contributed by atoms with Crippen LogP contribution in [0.25, 0.3) is 0 Å². The fourth-order valence-electron chi connectivity index (χ4n) is 3.88. The summed E-state index contributed by atoms with van der Waals surface area (Å²) in [4.78, 5) is 12.6. The van der Waals surface area contributed by atoms with Crippen LogP contribution in [0, 0.1) is 5.41 Å². The first-order chi connectivity index (χ1) is 14.5. The molecule has 0 spiro atoms. The van der Waals surface area contributed by atoms with Crippen LogP contribution in [0.1, 0.15) is 31.7 Å². The molecule has 1 N–H and O–H groups in total. The molecular formula is C23H27BrClN3OS. The highest BCUT2D eigenvalue weighted by Gasteiger charge is 2.41. The van der Waals surface area contributed by atoms with E-state index in [1.807, 2.05) is 65.3 Å². The lowest BCUT2D eigenvalue weighted by Gasteiger charge is -2.30. The SMILES string of the molecule is CCC1(CCCSC)CN(CC(=O)Nc2ccc(Br)cc2)N=C1c1ccc(Cl)cc1. The van der Waals surface area contributed by atoms with E-state index in [0.29, 0.717) is 5.02 Å². The topological polar surface area (TPSA) is 44.7 Å². The van der Waals surface area contributed by atoms with Gasteiger partial charge in [-0.2, -0.15) is 16.9 Å². The fourth-order valence-corrected chi connectivity index (χ4v) is 4.70. The molecule has 2 aromatic carbocycles. The highest BCUT2D eigenvalue weighted by molar-refractivity contribution is 9.10. The van der Waals surface area contributed by atoms with Gasteiger partial charge in [-0.05, 0) is 73.2 Å². The van der Waals surface area contributed by atoms with E-state index in [9.17, 15) is 4.79 Å². The van der Waals surface area contributed by atoms with Crippen molar-refractivity contribution in [3.05, 3.63) is 63.6 Å². The van der Waals surface area contributed by atoms with Gasteiger partial charge in [0.25, 0.3) is 0 Å². The van der Waals surface area contributed by atoms with E-state index in [0.717, 1.165) is 53.0 Å². The smallest absolute Gasteiger partial charge is 0.245 e. The summed E-state index contributed by atoms with van der Waals surface area (Å²) in [7, 11) is 0. The average molecular weight is 509 g/mol. The van der Waals surface area contributed by atoms with Gasteiger partial charge in [0.2, 0.25) is 5.91 Å². The Morgan fingerprint density at radius 1 is 1.23 bits per heavy atom. The number of carbonyl (C=O) groups is 1. The van der Waals surface area contributed by atoms with Crippen molar-refractivity contribution in [2.45, 2.75) is 26.2 Å². The van der Waals surface area contributed by atoms with Gasteiger partial charge in [0, 0.05) is 27.1 Å². The molecular weight excluding hydrogens is 482 g/mol. The third-order valence-corrected chi connectivity index (χ3v) is 6.96. The maximum Gasteiger partial charge on any atom is 0.245 e. The Bertz CT molecular complexity index is 888. The highest BCUT2D eigenvalue weighted by Crippen LogP contribution is 2.39. The molecule has 4 nitrogen and oxygen atoms in total. The number of carbonyl (C=O) groups excluding carboxylic acids is 1. The van der Waals surface area contributed by atoms with Gasteiger partial charge in [-0.25, -0.2) is 0 Å². The van der Waals surface area contributed by atoms with Crippen molar-refractivity contribution in [1.29, 1.82) is 0 Å². The number of amides is 1. The molecule has 1 heterocycles. The van der Waals surface area contributed by atoms with E-state index in [-0.39, 0.29) is 17.9 Å². The molecule has 2 aromatic rings. The van der Waals surface area contributed by atoms with Crippen molar-refractivity contribution in [1.82, 2.24) is 5.01 Å². The summed E-state index contributed by atoms with van der Waals surface area (Å²) in [5.74, 6) is 1.06. The number of rotatable bonds is 9. The molecule has 0 saturated heterocycles. The minimum Gasteiger partial charge on any atom is -0.324 e. The number of hydrogen-bond acceptors (Lipinski definition) is 4. The van der Waals surface area contributed by atoms with E-state index < -0.39 is 0 Å². The first-order valence-electron chi connectivity index (χ1n) is 10.1. The Kier molecular flexibility index (Phi) is 8.26. The second kappa shape index (κ2) is 10.7. The van der Waals surface area contributed by atoms with Gasteiger partial charge >= 0.3 is 0 Å². The van der Waals surface area contributed by atoms with E-state index in [2.05, 4.69) is 34.4 Å². The zero-order valence-electron chi connectivity index (χ0n) is 17.3. The first kappa shape index (κ1) is 23.2. The average Bonchev–Trinajstić information content (AvgIpc) is 3.09. The number of nitrogens with one attached hydrogen (secondary N) is 1. The van der Waals surface area contributed by atoms with Crippen molar-refractivity contribution < 1.29 is 4.79 Å². The zero-order chi connectivity index (χ0) is 21.6. The van der Waals surface area contributed by atoms with Gasteiger partial charge in [0.15, 0.2) is 0 Å². The van der Waals surface area contributed by atoms with Crippen LogP contribution in [-0.2, 0) is 4.79 Å². The van der Waals surface area contributed by atoms with E-state index in [1.54, 1.807) is 0 Å². The van der Waals surface area contributed by atoms with Gasteiger partial charge in [-0.3, -0.25) is 9.80 Å². The number of thioether (sulfide) groups is 1. The Labute approximate surface area is 196 Å². The maximum atomic E-state index is 12.6. The lowest BCUT2D eigenvalue weighted by Crippen LogP contribution is -2.36. The highest BCUT2D eigenvalue weighted by atomic mass is 79.9. The van der Waals surface area contributed by atoms with Crippen LogP contribution in [0.15, 0.2) is 58.1 Å². The molecule has 30 heavy (non-hydrogen) atoms. The maximum absolute atomic E-state index is 12.6. The standard InChI is InChI=1S/C23H27BrClN3OS/c1-3-23(13-4-14-30-2)16-28(27-22(23)17-5-9-19(25)10-6-17)15-21(29)26-20-11-7-18(24)8-12-20/h5-12H,3-4,13-16H2,1-2H3,(H,26,29). The Balaban J connectivity index is 1.78. The van der Waals surface area contributed by atoms with Crippen LogP contribution in [0.3, 0.4) is 0 Å². The number of nitrogens with zero attached hydrogens (tertiary/aromatic N) is 2. The summed E-state index contributed by atoms with van der Waals surface area (Å²) in [6.45, 7) is 3.21. The van der Waals surface area contributed by atoms with Gasteiger partial charge in [-0.15, -0.1) is 0 Å². The van der Waals surface area contributed by atoms with Crippen LogP contribution in [0.4, 0.5) is 5.69 Å². The zero-order valence-corrected chi connectivity index (χ0v) is 20.5. The van der Waals surface area contributed by atoms with Crippen LogP contribution in [-0.4, -0.2) is 41.7 Å². The molecule has 160 valence electrons. The summed E-state index contributed by atoms with van der Waals surface area (Å²) in [5, 5.41) is 10.5. The third kappa shape index (κ3) is 5.80. The minimum absolute atomic E-state index is 0.0541. The molecule has 1 unspecified atom stereocenters. The summed E-state index contributed by atoms with van der Waals surface area (Å²) < 4.78 is 0.982.